The van der Waals surface area contributed by atoms with E-state index in [1.807, 2.05) is 13.8 Å². The molecule has 10 heteroatoms. The van der Waals surface area contributed by atoms with Gasteiger partial charge in [0.2, 0.25) is 11.9 Å². The summed E-state index contributed by atoms with van der Waals surface area (Å²) < 4.78 is 3.14. The Morgan fingerprint density at radius 2 is 2.17 bits per heavy atom. The molecule has 0 fully saturated rings. The highest BCUT2D eigenvalue weighted by Gasteiger charge is 2.14. The monoisotopic (exact) mass is 334 g/mol. The molecule has 3 N–H and O–H groups in total. The molecule has 1 amide bonds. The molecule has 0 spiro atoms. The quantitative estimate of drug-likeness (QED) is 0.693. The predicted molar refractivity (Wildman–Crippen MR) is 86.0 cm³/mol. The number of hydrogen-bond acceptors (Lipinski definition) is 6. The zero-order valence-corrected chi connectivity index (χ0v) is 13.4. The average molecular weight is 335 g/mol. The molecule has 3 aromatic heterocycles. The second-order valence-corrected chi connectivity index (χ2v) is 5.31. The van der Waals surface area contributed by atoms with E-state index >= 15 is 0 Å². The van der Waals surface area contributed by atoms with Gasteiger partial charge in [0, 0.05) is 12.6 Å². The van der Waals surface area contributed by atoms with Crippen molar-refractivity contribution in [3.8, 4) is 0 Å². The van der Waals surface area contributed by atoms with Crippen molar-refractivity contribution in [1.29, 1.82) is 0 Å². The van der Waals surface area contributed by atoms with Gasteiger partial charge in [0.05, 0.1) is 17.3 Å². The number of aryl methyl sites for hydroxylation is 2. The third-order valence-corrected chi connectivity index (χ3v) is 3.52. The van der Waals surface area contributed by atoms with Crippen molar-refractivity contribution < 1.29 is 4.79 Å². The first kappa shape index (κ1) is 15.2. The maximum Gasteiger partial charge on any atom is 0.247 e. The summed E-state index contributed by atoms with van der Waals surface area (Å²) in [5.74, 6) is 0.417. The molecule has 0 radical (unpaired) electrons. The smallest absolute Gasteiger partial charge is 0.247 e. The molecule has 3 heterocycles. The van der Waals surface area contributed by atoms with Gasteiger partial charge >= 0.3 is 0 Å². The first-order chi connectivity index (χ1) is 11.0. The molecule has 23 heavy (non-hydrogen) atoms. The molecule has 0 saturated carbocycles. The van der Waals surface area contributed by atoms with Crippen molar-refractivity contribution in [2.75, 3.05) is 11.1 Å². The van der Waals surface area contributed by atoms with Crippen LogP contribution in [-0.2, 0) is 17.9 Å². The number of carbonyl (C=O) groups excluding carboxylic acids is 1. The standard InChI is InChI=1S/C13H15ClN8O/c1-3-21-9(4-7(2)20-21)17-10(23)6-22-12-8(5-16-22)11(14)18-13(15)19-12/h4-5H,3,6H2,1-2H3,(H,17,23)(H2,15,18,19). The molecule has 0 unspecified atom stereocenters. The van der Waals surface area contributed by atoms with Crippen LogP contribution in [0, 0.1) is 6.92 Å². The van der Waals surface area contributed by atoms with Crippen LogP contribution in [0.5, 0.6) is 0 Å². The topological polar surface area (TPSA) is 117 Å². The number of nitrogen functional groups attached to an aromatic ring is 1. The second kappa shape index (κ2) is 5.84. The third kappa shape index (κ3) is 2.95. The molecule has 0 bridgehead atoms. The van der Waals surface area contributed by atoms with E-state index < -0.39 is 0 Å². The molecule has 120 valence electrons. The third-order valence-electron chi connectivity index (χ3n) is 3.23. The molecule has 0 aliphatic rings. The number of amides is 1. The summed E-state index contributed by atoms with van der Waals surface area (Å²) in [6.45, 7) is 4.45. The summed E-state index contributed by atoms with van der Waals surface area (Å²) in [7, 11) is 0. The van der Waals surface area contributed by atoms with Gasteiger partial charge in [-0.05, 0) is 13.8 Å². The molecule has 0 saturated heterocycles. The largest absolute Gasteiger partial charge is 0.368 e. The highest BCUT2D eigenvalue weighted by atomic mass is 35.5. The summed E-state index contributed by atoms with van der Waals surface area (Å²) in [5.41, 5.74) is 6.83. The number of halogens is 1. The summed E-state index contributed by atoms with van der Waals surface area (Å²) >= 11 is 5.99. The Balaban J connectivity index is 1.83. The number of carbonyl (C=O) groups is 1. The van der Waals surface area contributed by atoms with Crippen LogP contribution in [0.25, 0.3) is 11.0 Å². The summed E-state index contributed by atoms with van der Waals surface area (Å²) in [6.07, 6.45) is 1.50. The lowest BCUT2D eigenvalue weighted by Gasteiger charge is -2.07. The minimum absolute atomic E-state index is 0.0236. The SMILES string of the molecule is CCn1nc(C)cc1NC(=O)Cn1ncc2c(Cl)nc(N)nc21. The number of rotatable bonds is 4. The highest BCUT2D eigenvalue weighted by Crippen LogP contribution is 2.20. The van der Waals surface area contributed by atoms with Gasteiger partial charge in [0.25, 0.3) is 0 Å². The van der Waals surface area contributed by atoms with E-state index in [9.17, 15) is 4.79 Å². The summed E-state index contributed by atoms with van der Waals surface area (Å²) in [5, 5.41) is 12.0. The molecule has 9 nitrogen and oxygen atoms in total. The molecule has 0 aliphatic carbocycles. The molecule has 3 aromatic rings. The van der Waals surface area contributed by atoms with E-state index in [1.54, 1.807) is 10.7 Å². The van der Waals surface area contributed by atoms with E-state index in [0.29, 0.717) is 23.4 Å². The zero-order valence-electron chi connectivity index (χ0n) is 12.6. The fraction of sp³-hybridized carbons (Fsp3) is 0.308. The predicted octanol–water partition coefficient (Wildman–Crippen LogP) is 1.23. The Kier molecular flexibility index (Phi) is 3.87. The minimum Gasteiger partial charge on any atom is -0.368 e. The van der Waals surface area contributed by atoms with Crippen LogP contribution in [0.15, 0.2) is 12.3 Å². The Morgan fingerprint density at radius 3 is 2.91 bits per heavy atom. The van der Waals surface area contributed by atoms with Gasteiger partial charge in [-0.15, -0.1) is 0 Å². The highest BCUT2D eigenvalue weighted by molar-refractivity contribution is 6.34. The first-order valence-electron chi connectivity index (χ1n) is 6.96. The van der Waals surface area contributed by atoms with Crippen LogP contribution in [0.2, 0.25) is 5.15 Å². The van der Waals surface area contributed by atoms with Gasteiger partial charge in [-0.1, -0.05) is 11.6 Å². The van der Waals surface area contributed by atoms with Gasteiger partial charge in [0.1, 0.15) is 17.5 Å². The number of nitrogens with one attached hydrogen (secondary N) is 1. The van der Waals surface area contributed by atoms with Crippen molar-refractivity contribution in [3.05, 3.63) is 23.1 Å². The molecule has 0 atom stereocenters. The Hall–Kier alpha value is -2.68. The number of aromatic nitrogens is 6. The average Bonchev–Trinajstić information content (AvgIpc) is 3.03. The number of fused-ring (bicyclic) bond motifs is 1. The van der Waals surface area contributed by atoms with Crippen molar-refractivity contribution in [2.24, 2.45) is 0 Å². The van der Waals surface area contributed by atoms with Crippen molar-refractivity contribution in [3.63, 3.8) is 0 Å². The number of nitrogens with two attached hydrogens (primary N) is 1. The summed E-state index contributed by atoms with van der Waals surface area (Å²) in [4.78, 5) is 20.2. The van der Waals surface area contributed by atoms with E-state index in [2.05, 4.69) is 25.5 Å². The Labute approximate surface area is 136 Å². The van der Waals surface area contributed by atoms with Crippen LogP contribution >= 0.6 is 11.6 Å². The number of anilines is 2. The van der Waals surface area contributed by atoms with Gasteiger partial charge < -0.3 is 11.1 Å². The number of hydrogen-bond donors (Lipinski definition) is 2. The van der Waals surface area contributed by atoms with Crippen LogP contribution in [0.4, 0.5) is 11.8 Å². The minimum atomic E-state index is -0.252. The van der Waals surface area contributed by atoms with Gasteiger partial charge in [-0.2, -0.15) is 15.2 Å². The maximum absolute atomic E-state index is 12.3. The Bertz CT molecular complexity index is 884. The molecular weight excluding hydrogens is 320 g/mol. The Morgan fingerprint density at radius 1 is 1.39 bits per heavy atom. The van der Waals surface area contributed by atoms with Crippen molar-refractivity contribution in [2.45, 2.75) is 26.9 Å². The van der Waals surface area contributed by atoms with Crippen LogP contribution < -0.4 is 11.1 Å². The maximum atomic E-state index is 12.3. The zero-order chi connectivity index (χ0) is 16.6. The second-order valence-electron chi connectivity index (χ2n) is 4.95. The summed E-state index contributed by atoms with van der Waals surface area (Å²) in [6, 6.07) is 1.81. The lowest BCUT2D eigenvalue weighted by molar-refractivity contribution is -0.116. The van der Waals surface area contributed by atoms with E-state index in [-0.39, 0.29) is 23.6 Å². The molecule has 0 aliphatic heterocycles. The van der Waals surface area contributed by atoms with E-state index in [1.165, 1.54) is 10.9 Å². The van der Waals surface area contributed by atoms with E-state index in [4.69, 9.17) is 17.3 Å². The van der Waals surface area contributed by atoms with Crippen LogP contribution in [0.1, 0.15) is 12.6 Å². The van der Waals surface area contributed by atoms with E-state index in [0.717, 1.165) is 5.69 Å². The van der Waals surface area contributed by atoms with Gasteiger partial charge in [-0.3, -0.25) is 4.79 Å². The normalized spacial score (nSPS) is 11.1. The molecule has 3 rings (SSSR count). The van der Waals surface area contributed by atoms with Crippen LogP contribution in [0.3, 0.4) is 0 Å². The molecular formula is C13H15ClN8O. The van der Waals surface area contributed by atoms with Crippen LogP contribution in [-0.4, -0.2) is 35.4 Å². The lowest BCUT2D eigenvalue weighted by Crippen LogP contribution is -2.21. The van der Waals surface area contributed by atoms with Crippen molar-refractivity contribution >= 4 is 40.3 Å². The first-order valence-corrected chi connectivity index (χ1v) is 7.34. The number of nitrogens with zero attached hydrogens (tertiary/aromatic N) is 6. The molecule has 0 aromatic carbocycles. The fourth-order valence-corrected chi connectivity index (χ4v) is 2.48. The fourth-order valence-electron chi connectivity index (χ4n) is 2.26. The van der Waals surface area contributed by atoms with Crippen molar-refractivity contribution in [1.82, 2.24) is 29.5 Å². The van der Waals surface area contributed by atoms with Gasteiger partial charge in [0.15, 0.2) is 5.65 Å². The van der Waals surface area contributed by atoms with Gasteiger partial charge in [-0.25, -0.2) is 14.3 Å². The lowest BCUT2D eigenvalue weighted by atomic mass is 10.4.